The van der Waals surface area contributed by atoms with Crippen LogP contribution >= 0.6 is 0 Å². The Labute approximate surface area is 121 Å². The van der Waals surface area contributed by atoms with Gasteiger partial charge in [0, 0.05) is 19.2 Å². The molecule has 1 aromatic heterocycles. The summed E-state index contributed by atoms with van der Waals surface area (Å²) >= 11 is 0. The third-order valence-electron chi connectivity index (χ3n) is 2.55. The summed E-state index contributed by atoms with van der Waals surface area (Å²) in [6.45, 7) is 0.228. The Morgan fingerprint density at radius 2 is 2.00 bits per heavy atom. The number of nitriles is 1. The fraction of sp³-hybridized carbons (Fsp3) is 0.214. The molecule has 0 saturated heterocycles. The minimum Gasteiger partial charge on any atom is -0.493 e. The molecule has 0 aliphatic rings. The number of nitrogens with zero attached hydrogens (tertiary/aromatic N) is 3. The molecule has 0 spiro atoms. The van der Waals surface area contributed by atoms with Gasteiger partial charge in [-0.1, -0.05) is 0 Å². The van der Waals surface area contributed by atoms with Crippen molar-refractivity contribution in [3.05, 3.63) is 35.7 Å². The lowest BCUT2D eigenvalue weighted by atomic mass is 10.2. The second-order valence-electron chi connectivity index (χ2n) is 4.06. The average Bonchev–Trinajstić information content (AvgIpc) is 2.47. The maximum atomic E-state index is 8.87. The van der Waals surface area contributed by atoms with Crippen LogP contribution in [-0.4, -0.2) is 24.2 Å². The molecule has 1 aromatic carbocycles. The minimum absolute atomic E-state index is 0.228. The van der Waals surface area contributed by atoms with E-state index in [4.69, 9.17) is 25.2 Å². The molecule has 21 heavy (non-hydrogen) atoms. The largest absolute Gasteiger partial charge is 0.493 e. The summed E-state index contributed by atoms with van der Waals surface area (Å²) < 4.78 is 15.8. The van der Waals surface area contributed by atoms with Crippen LogP contribution in [0.2, 0.25) is 0 Å². The molecule has 0 radical (unpaired) electrons. The maximum Gasteiger partial charge on any atom is 0.224 e. The normalized spacial score (nSPS) is 9.95. The molecule has 1 heterocycles. The predicted octanol–water partition coefficient (Wildman–Crippen LogP) is 1.88. The van der Waals surface area contributed by atoms with E-state index in [0.29, 0.717) is 22.9 Å². The van der Waals surface area contributed by atoms with Gasteiger partial charge in [-0.05, 0) is 12.1 Å². The van der Waals surface area contributed by atoms with Gasteiger partial charge in [0.1, 0.15) is 12.4 Å². The number of ether oxygens (including phenoxy) is 3. The van der Waals surface area contributed by atoms with Crippen LogP contribution in [-0.2, 0) is 11.3 Å². The topological polar surface area (TPSA) is 103 Å². The lowest BCUT2D eigenvalue weighted by Gasteiger charge is -2.10. The van der Waals surface area contributed by atoms with Gasteiger partial charge in [0.15, 0.2) is 17.3 Å². The van der Waals surface area contributed by atoms with Crippen LogP contribution in [0.3, 0.4) is 0 Å². The predicted molar refractivity (Wildman–Crippen MR) is 74.9 cm³/mol. The van der Waals surface area contributed by atoms with E-state index in [1.165, 1.54) is 20.3 Å². The van der Waals surface area contributed by atoms with Gasteiger partial charge in [-0.3, -0.25) is 0 Å². The Balaban J connectivity index is 2.31. The summed E-state index contributed by atoms with van der Waals surface area (Å²) in [4.78, 5) is 8.20. The zero-order valence-electron chi connectivity index (χ0n) is 11.7. The van der Waals surface area contributed by atoms with Crippen LogP contribution in [0, 0.1) is 11.3 Å². The lowest BCUT2D eigenvalue weighted by Crippen LogP contribution is -2.03. The first-order chi connectivity index (χ1) is 10.2. The van der Waals surface area contributed by atoms with E-state index in [2.05, 4.69) is 9.97 Å². The summed E-state index contributed by atoms with van der Waals surface area (Å²) in [6.07, 6.45) is 0. The number of nitrogen functional groups attached to an aromatic ring is 1. The fourth-order valence-electron chi connectivity index (χ4n) is 1.67. The Hall–Kier alpha value is -2.85. The summed E-state index contributed by atoms with van der Waals surface area (Å²) in [5.41, 5.74) is 6.17. The number of methoxy groups -OCH3 is 2. The minimum atomic E-state index is 0.228. The Bertz CT molecular complexity index is 682. The quantitative estimate of drug-likeness (QED) is 0.894. The summed E-state index contributed by atoms with van der Waals surface area (Å²) in [5, 5.41) is 8.87. The molecular formula is C14H14N4O3. The molecule has 0 saturated carbocycles. The van der Waals surface area contributed by atoms with Crippen LogP contribution in [0.5, 0.6) is 17.4 Å². The molecule has 0 aliphatic carbocycles. The SMILES string of the molecule is COCc1nc(N)cc(Oc2ccc(C#N)cc2OC)n1. The summed E-state index contributed by atoms with van der Waals surface area (Å²) in [7, 11) is 3.03. The molecule has 0 bridgehead atoms. The van der Waals surface area contributed by atoms with Crippen molar-refractivity contribution < 1.29 is 14.2 Å². The van der Waals surface area contributed by atoms with Crippen LogP contribution in [0.25, 0.3) is 0 Å². The van der Waals surface area contributed by atoms with Crippen molar-refractivity contribution in [1.29, 1.82) is 5.26 Å². The van der Waals surface area contributed by atoms with Gasteiger partial charge in [0.05, 0.1) is 18.7 Å². The highest BCUT2D eigenvalue weighted by atomic mass is 16.5. The molecular weight excluding hydrogens is 272 g/mol. The van der Waals surface area contributed by atoms with E-state index in [-0.39, 0.29) is 18.3 Å². The van der Waals surface area contributed by atoms with Crippen molar-refractivity contribution in [3.8, 4) is 23.4 Å². The van der Waals surface area contributed by atoms with E-state index in [0.717, 1.165) is 0 Å². The number of hydrogen-bond acceptors (Lipinski definition) is 7. The molecule has 2 aromatic rings. The van der Waals surface area contributed by atoms with Gasteiger partial charge in [-0.25, -0.2) is 4.98 Å². The first-order valence-electron chi connectivity index (χ1n) is 6.04. The molecule has 7 heteroatoms. The molecule has 2 rings (SSSR count). The van der Waals surface area contributed by atoms with E-state index < -0.39 is 0 Å². The van der Waals surface area contributed by atoms with Crippen molar-refractivity contribution in [2.75, 3.05) is 20.0 Å². The van der Waals surface area contributed by atoms with Gasteiger partial charge in [0.2, 0.25) is 5.88 Å². The maximum absolute atomic E-state index is 8.87. The van der Waals surface area contributed by atoms with Gasteiger partial charge in [-0.15, -0.1) is 0 Å². The van der Waals surface area contributed by atoms with E-state index in [9.17, 15) is 0 Å². The first kappa shape index (κ1) is 14.6. The summed E-state index contributed by atoms with van der Waals surface area (Å²) in [5.74, 6) is 1.83. The van der Waals surface area contributed by atoms with Crippen molar-refractivity contribution in [3.63, 3.8) is 0 Å². The number of hydrogen-bond donors (Lipinski definition) is 1. The first-order valence-corrected chi connectivity index (χ1v) is 6.04. The average molecular weight is 286 g/mol. The molecule has 0 unspecified atom stereocenters. The van der Waals surface area contributed by atoms with Crippen LogP contribution in [0.15, 0.2) is 24.3 Å². The smallest absolute Gasteiger partial charge is 0.224 e. The number of rotatable bonds is 5. The van der Waals surface area contributed by atoms with Gasteiger partial charge in [-0.2, -0.15) is 10.2 Å². The Kier molecular flexibility index (Phi) is 4.53. The van der Waals surface area contributed by atoms with E-state index >= 15 is 0 Å². The number of nitrogens with two attached hydrogens (primary N) is 1. The molecule has 0 amide bonds. The second-order valence-corrected chi connectivity index (χ2v) is 4.06. The van der Waals surface area contributed by atoms with Gasteiger partial charge < -0.3 is 19.9 Å². The molecule has 7 nitrogen and oxygen atoms in total. The van der Waals surface area contributed by atoms with Crippen molar-refractivity contribution >= 4 is 5.82 Å². The monoisotopic (exact) mass is 286 g/mol. The lowest BCUT2D eigenvalue weighted by molar-refractivity contribution is 0.177. The van der Waals surface area contributed by atoms with Crippen LogP contribution < -0.4 is 15.2 Å². The van der Waals surface area contributed by atoms with Crippen LogP contribution in [0.4, 0.5) is 5.82 Å². The number of benzene rings is 1. The van der Waals surface area contributed by atoms with Crippen molar-refractivity contribution in [1.82, 2.24) is 9.97 Å². The zero-order chi connectivity index (χ0) is 15.2. The molecule has 0 atom stereocenters. The van der Waals surface area contributed by atoms with Gasteiger partial charge >= 0.3 is 0 Å². The molecule has 0 aliphatic heterocycles. The molecule has 2 N–H and O–H groups in total. The van der Waals surface area contributed by atoms with Crippen molar-refractivity contribution in [2.24, 2.45) is 0 Å². The van der Waals surface area contributed by atoms with Gasteiger partial charge in [0.25, 0.3) is 0 Å². The third kappa shape index (κ3) is 3.58. The Morgan fingerprint density at radius 3 is 2.67 bits per heavy atom. The second kappa shape index (κ2) is 6.54. The molecule has 0 fully saturated rings. The number of anilines is 1. The van der Waals surface area contributed by atoms with Crippen molar-refractivity contribution in [2.45, 2.75) is 6.61 Å². The Morgan fingerprint density at radius 1 is 1.19 bits per heavy atom. The third-order valence-corrected chi connectivity index (χ3v) is 2.55. The standard InChI is InChI=1S/C14H14N4O3/c1-19-8-13-17-12(16)6-14(18-13)21-10-4-3-9(7-15)5-11(10)20-2/h3-6H,8H2,1-2H3,(H2,16,17,18). The van der Waals surface area contributed by atoms with E-state index in [1.54, 1.807) is 18.2 Å². The molecule has 108 valence electrons. The fourth-order valence-corrected chi connectivity index (χ4v) is 1.67. The highest BCUT2D eigenvalue weighted by Gasteiger charge is 2.10. The van der Waals surface area contributed by atoms with E-state index in [1.807, 2.05) is 6.07 Å². The highest BCUT2D eigenvalue weighted by molar-refractivity contribution is 5.48. The zero-order valence-corrected chi connectivity index (χ0v) is 11.7. The number of aromatic nitrogens is 2. The summed E-state index contributed by atoms with van der Waals surface area (Å²) in [6, 6.07) is 8.36. The highest BCUT2D eigenvalue weighted by Crippen LogP contribution is 2.31. The van der Waals surface area contributed by atoms with Crippen LogP contribution in [0.1, 0.15) is 11.4 Å².